The lowest BCUT2D eigenvalue weighted by Gasteiger charge is -2.13. The summed E-state index contributed by atoms with van der Waals surface area (Å²) >= 11 is 6.77. The molecule has 0 N–H and O–H groups in total. The topological polar surface area (TPSA) is 43.1 Å². The number of benzene rings is 1. The minimum Gasteiger partial charge on any atom is -0.186 e. The maximum absolute atomic E-state index is 4.74. The van der Waals surface area contributed by atoms with E-state index >= 15 is 0 Å². The first-order valence-electron chi connectivity index (χ1n) is 6.27. The molecule has 1 aromatic carbocycles. The summed E-state index contributed by atoms with van der Waals surface area (Å²) in [5, 5.41) is 16.1. The molecule has 0 unspecified atom stereocenters. The monoisotopic (exact) mass is 376 g/mol. The van der Waals surface area contributed by atoms with E-state index in [0.717, 1.165) is 37.4 Å². The van der Waals surface area contributed by atoms with E-state index in [2.05, 4.69) is 38.3 Å². The normalized spacial score (nSPS) is 13.9. The van der Waals surface area contributed by atoms with Crippen molar-refractivity contribution < 1.29 is 0 Å². The Morgan fingerprint density at radius 3 is 2.71 bits per heavy atom. The van der Waals surface area contributed by atoms with Gasteiger partial charge in [0.1, 0.15) is 0 Å². The van der Waals surface area contributed by atoms with Gasteiger partial charge in [0.15, 0.2) is 5.82 Å². The van der Waals surface area contributed by atoms with Gasteiger partial charge in [0.2, 0.25) is 5.16 Å². The van der Waals surface area contributed by atoms with E-state index in [9.17, 15) is 0 Å². The third kappa shape index (κ3) is 2.45. The number of halogens is 1. The van der Waals surface area contributed by atoms with Gasteiger partial charge in [-0.05, 0) is 29.1 Å². The Morgan fingerprint density at radius 1 is 1.10 bits per heavy atom. The van der Waals surface area contributed by atoms with E-state index in [1.165, 1.54) is 0 Å². The van der Waals surface area contributed by atoms with E-state index in [1.807, 2.05) is 34.3 Å². The zero-order chi connectivity index (χ0) is 14.2. The highest BCUT2D eigenvalue weighted by molar-refractivity contribution is 9.10. The molecule has 1 aliphatic rings. The van der Waals surface area contributed by atoms with Gasteiger partial charge in [0.05, 0.1) is 10.6 Å². The van der Waals surface area contributed by atoms with Crippen molar-refractivity contribution in [3.63, 3.8) is 0 Å². The number of fused-ring (bicyclic) bond motifs is 1. The largest absolute Gasteiger partial charge is 0.212 e. The molecular weight excluding hydrogens is 368 g/mol. The van der Waals surface area contributed by atoms with Crippen molar-refractivity contribution in [3.05, 3.63) is 51.8 Å². The molecule has 4 nitrogen and oxygen atoms in total. The molecule has 1 aliphatic heterocycles. The van der Waals surface area contributed by atoms with Crippen LogP contribution >= 0.6 is 39.0 Å². The molecule has 0 saturated heterocycles. The number of hydrogen-bond acceptors (Lipinski definition) is 5. The minimum atomic E-state index is 0.807. The molecular formula is C14H9BrN4S2. The van der Waals surface area contributed by atoms with Crippen LogP contribution in [0.15, 0.2) is 56.5 Å². The predicted molar refractivity (Wildman–Crippen MR) is 90.1 cm³/mol. The second kappa shape index (κ2) is 5.40. The fourth-order valence-electron chi connectivity index (χ4n) is 2.07. The van der Waals surface area contributed by atoms with Gasteiger partial charge >= 0.3 is 0 Å². The van der Waals surface area contributed by atoms with Crippen LogP contribution in [-0.4, -0.2) is 26.3 Å². The summed E-state index contributed by atoms with van der Waals surface area (Å²) in [6.45, 7) is 0. The summed E-state index contributed by atoms with van der Waals surface area (Å²) in [4.78, 5) is 1.08. The summed E-state index contributed by atoms with van der Waals surface area (Å²) < 4.78 is 2.91. The third-order valence-electron chi connectivity index (χ3n) is 3.09. The van der Waals surface area contributed by atoms with Gasteiger partial charge in [-0.15, -0.1) is 21.5 Å². The first kappa shape index (κ1) is 13.2. The Labute approximate surface area is 138 Å². The fraction of sp³-hybridized carbons (Fsp3) is 0.0714. The van der Waals surface area contributed by atoms with Crippen LogP contribution in [0.25, 0.3) is 10.7 Å². The molecule has 0 spiro atoms. The van der Waals surface area contributed by atoms with Crippen molar-refractivity contribution in [3.8, 4) is 10.7 Å². The highest BCUT2D eigenvalue weighted by Gasteiger charge is 2.20. The molecule has 0 fully saturated rings. The summed E-state index contributed by atoms with van der Waals surface area (Å²) in [6.07, 6.45) is 0. The van der Waals surface area contributed by atoms with Crippen LogP contribution in [0.3, 0.4) is 0 Å². The molecule has 0 radical (unpaired) electrons. The number of thiophene rings is 1. The first-order chi connectivity index (χ1) is 10.3. The van der Waals surface area contributed by atoms with Crippen LogP contribution in [0.1, 0.15) is 5.56 Å². The van der Waals surface area contributed by atoms with Gasteiger partial charge in [-0.2, -0.15) is 9.78 Å². The Bertz CT molecular complexity index is 806. The maximum Gasteiger partial charge on any atom is 0.212 e. The molecule has 0 atom stereocenters. The van der Waals surface area contributed by atoms with Crippen LogP contribution in [0, 0.1) is 0 Å². The fourth-order valence-corrected chi connectivity index (χ4v) is 3.87. The highest BCUT2D eigenvalue weighted by atomic mass is 79.9. The Balaban J connectivity index is 1.79. The van der Waals surface area contributed by atoms with Crippen LogP contribution < -0.4 is 0 Å². The molecule has 0 bridgehead atoms. The van der Waals surface area contributed by atoms with Gasteiger partial charge < -0.3 is 0 Å². The van der Waals surface area contributed by atoms with Crippen molar-refractivity contribution in [2.75, 3.05) is 5.75 Å². The zero-order valence-electron chi connectivity index (χ0n) is 10.7. The number of nitrogens with zero attached hydrogens (tertiary/aromatic N) is 4. The Hall–Kier alpha value is -1.44. The molecule has 0 aliphatic carbocycles. The average molecular weight is 377 g/mol. The lowest BCUT2D eigenvalue weighted by molar-refractivity contribution is 0.763. The average Bonchev–Trinajstić information content (AvgIpc) is 3.16. The van der Waals surface area contributed by atoms with Crippen molar-refractivity contribution >= 4 is 44.7 Å². The first-order valence-corrected chi connectivity index (χ1v) is 8.93. The lowest BCUT2D eigenvalue weighted by Crippen LogP contribution is -2.13. The van der Waals surface area contributed by atoms with Gasteiger partial charge in [0, 0.05) is 10.2 Å². The number of aromatic nitrogens is 3. The second-order valence-corrected chi connectivity index (χ2v) is 7.24. The van der Waals surface area contributed by atoms with Gasteiger partial charge in [-0.25, -0.2) is 0 Å². The van der Waals surface area contributed by atoms with Gasteiger partial charge in [-0.3, -0.25) is 0 Å². The van der Waals surface area contributed by atoms with Crippen LogP contribution in [0.4, 0.5) is 0 Å². The summed E-state index contributed by atoms with van der Waals surface area (Å²) in [6, 6.07) is 12.3. The number of hydrogen-bond donors (Lipinski definition) is 0. The molecule has 2 aromatic heterocycles. The molecule has 21 heavy (non-hydrogen) atoms. The van der Waals surface area contributed by atoms with Crippen molar-refractivity contribution in [2.45, 2.75) is 5.16 Å². The summed E-state index contributed by atoms with van der Waals surface area (Å²) in [7, 11) is 0. The van der Waals surface area contributed by atoms with E-state index in [-0.39, 0.29) is 0 Å². The quantitative estimate of drug-likeness (QED) is 0.675. The minimum absolute atomic E-state index is 0.807. The number of rotatable bonds is 2. The zero-order valence-corrected chi connectivity index (χ0v) is 14.0. The van der Waals surface area contributed by atoms with Crippen molar-refractivity contribution in [1.82, 2.24) is 14.9 Å². The van der Waals surface area contributed by atoms with Crippen LogP contribution in [0.2, 0.25) is 0 Å². The van der Waals surface area contributed by atoms with Crippen molar-refractivity contribution in [1.29, 1.82) is 0 Å². The lowest BCUT2D eigenvalue weighted by atomic mass is 10.1. The molecule has 104 valence electrons. The molecule has 3 heterocycles. The van der Waals surface area contributed by atoms with Crippen LogP contribution in [0.5, 0.6) is 0 Å². The maximum atomic E-state index is 4.74. The smallest absolute Gasteiger partial charge is 0.186 e. The standard InChI is InChI=1S/C14H9BrN4S2/c15-10-5-3-9(4-6-10)11-8-21-14-17-16-13(19(14)18-11)12-2-1-7-20-12/h1-7H,8H2. The summed E-state index contributed by atoms with van der Waals surface area (Å²) in [5.74, 6) is 1.62. The third-order valence-corrected chi connectivity index (χ3v) is 5.41. The summed E-state index contributed by atoms with van der Waals surface area (Å²) in [5.41, 5.74) is 2.17. The SMILES string of the molecule is Brc1ccc(C2=Nn3c(nnc3-c3cccs3)SC2)cc1. The second-order valence-electron chi connectivity index (χ2n) is 4.44. The number of thioether (sulfide) groups is 1. The van der Waals surface area contributed by atoms with E-state index < -0.39 is 0 Å². The van der Waals surface area contributed by atoms with E-state index in [0.29, 0.717) is 0 Å². The molecule has 3 aromatic rings. The van der Waals surface area contributed by atoms with Crippen LogP contribution in [-0.2, 0) is 0 Å². The van der Waals surface area contributed by atoms with Crippen molar-refractivity contribution in [2.24, 2.45) is 5.10 Å². The molecule has 7 heteroatoms. The van der Waals surface area contributed by atoms with Gasteiger partial charge in [0.25, 0.3) is 0 Å². The Morgan fingerprint density at radius 2 is 1.95 bits per heavy atom. The van der Waals surface area contributed by atoms with E-state index in [1.54, 1.807) is 23.1 Å². The molecule has 4 rings (SSSR count). The highest BCUT2D eigenvalue weighted by Crippen LogP contribution is 2.30. The van der Waals surface area contributed by atoms with Gasteiger partial charge in [-0.1, -0.05) is 45.9 Å². The Kier molecular flexibility index (Phi) is 3.40. The van der Waals surface area contributed by atoms with E-state index in [4.69, 9.17) is 5.10 Å². The molecule has 0 amide bonds. The molecule has 0 saturated carbocycles. The predicted octanol–water partition coefficient (Wildman–Crippen LogP) is 4.13.